The molecule has 0 bridgehead atoms. The van der Waals surface area contributed by atoms with Gasteiger partial charge in [-0.1, -0.05) is 11.6 Å². The largest absolute Gasteiger partial charge is 0.381 e. The molecule has 2 heterocycles. The van der Waals surface area contributed by atoms with E-state index in [1.165, 1.54) is 0 Å². The normalized spacial score (nSPS) is 22.9. The summed E-state index contributed by atoms with van der Waals surface area (Å²) in [5.41, 5.74) is 1.40. The van der Waals surface area contributed by atoms with Crippen molar-refractivity contribution >= 4 is 39.1 Å². The number of amides is 1. The van der Waals surface area contributed by atoms with Gasteiger partial charge in [0, 0.05) is 30.7 Å². The third-order valence-electron chi connectivity index (χ3n) is 3.45. The predicted molar refractivity (Wildman–Crippen MR) is 75.3 cm³/mol. The molecule has 1 aromatic rings. The number of hydrogen-bond acceptors (Lipinski definition) is 3. The number of rotatable bonds is 0. The SMILES string of the molecule is O=C1c2ccc(Br)c(Cl)c2NC[C@H]2CNCCN12. The predicted octanol–water partition coefficient (Wildman–Crippen LogP) is 1.94. The average Bonchev–Trinajstić information content (AvgIpc) is 2.53. The third-order valence-corrected chi connectivity index (χ3v) is 4.73. The van der Waals surface area contributed by atoms with E-state index in [9.17, 15) is 4.79 Å². The zero-order valence-corrected chi connectivity index (χ0v) is 12.0. The molecule has 0 aliphatic carbocycles. The topological polar surface area (TPSA) is 44.4 Å². The zero-order valence-electron chi connectivity index (χ0n) is 9.67. The Bertz CT molecular complexity index is 508. The molecule has 1 aromatic carbocycles. The molecule has 2 aliphatic heterocycles. The Kier molecular flexibility index (Phi) is 3.21. The smallest absolute Gasteiger partial charge is 0.256 e. The summed E-state index contributed by atoms with van der Waals surface area (Å²) in [5, 5.41) is 7.19. The molecule has 96 valence electrons. The Morgan fingerprint density at radius 2 is 2.22 bits per heavy atom. The lowest BCUT2D eigenvalue weighted by Gasteiger charge is -2.34. The van der Waals surface area contributed by atoms with E-state index in [0.29, 0.717) is 10.6 Å². The number of benzene rings is 1. The van der Waals surface area contributed by atoms with E-state index in [-0.39, 0.29) is 11.9 Å². The molecule has 18 heavy (non-hydrogen) atoms. The number of carbonyl (C=O) groups is 1. The van der Waals surface area contributed by atoms with Crippen molar-refractivity contribution in [1.82, 2.24) is 10.2 Å². The highest BCUT2D eigenvalue weighted by Crippen LogP contribution is 2.35. The first-order chi connectivity index (χ1) is 8.68. The average molecular weight is 331 g/mol. The highest BCUT2D eigenvalue weighted by Gasteiger charge is 2.32. The van der Waals surface area contributed by atoms with Crippen molar-refractivity contribution in [1.29, 1.82) is 0 Å². The molecular formula is C12H13BrClN3O. The van der Waals surface area contributed by atoms with Crippen LogP contribution in [0.25, 0.3) is 0 Å². The minimum absolute atomic E-state index is 0.0656. The van der Waals surface area contributed by atoms with Crippen LogP contribution in [-0.2, 0) is 0 Å². The summed E-state index contributed by atoms with van der Waals surface area (Å²) < 4.78 is 0.807. The van der Waals surface area contributed by atoms with Gasteiger partial charge in [0.15, 0.2) is 0 Å². The van der Waals surface area contributed by atoms with Gasteiger partial charge in [0.2, 0.25) is 0 Å². The molecule has 0 unspecified atom stereocenters. The molecule has 6 heteroatoms. The van der Waals surface area contributed by atoms with Crippen LogP contribution >= 0.6 is 27.5 Å². The maximum Gasteiger partial charge on any atom is 0.256 e. The van der Waals surface area contributed by atoms with E-state index < -0.39 is 0 Å². The highest BCUT2D eigenvalue weighted by molar-refractivity contribution is 9.10. The number of nitrogens with one attached hydrogen (secondary N) is 2. The van der Waals surface area contributed by atoms with Gasteiger partial charge in [0.05, 0.1) is 22.3 Å². The van der Waals surface area contributed by atoms with E-state index in [0.717, 1.165) is 36.3 Å². The molecule has 4 nitrogen and oxygen atoms in total. The number of hydrogen-bond donors (Lipinski definition) is 2. The summed E-state index contributed by atoms with van der Waals surface area (Å²) in [7, 11) is 0. The van der Waals surface area contributed by atoms with Crippen molar-refractivity contribution in [2.24, 2.45) is 0 Å². The van der Waals surface area contributed by atoms with Gasteiger partial charge in [-0.3, -0.25) is 4.79 Å². The van der Waals surface area contributed by atoms with Gasteiger partial charge >= 0.3 is 0 Å². The van der Waals surface area contributed by atoms with Gasteiger partial charge in [0.1, 0.15) is 0 Å². The first-order valence-electron chi connectivity index (χ1n) is 5.92. The summed E-state index contributed by atoms with van der Waals surface area (Å²) in [5.74, 6) is 0.0656. The van der Waals surface area contributed by atoms with Crippen LogP contribution < -0.4 is 10.6 Å². The van der Waals surface area contributed by atoms with Crippen LogP contribution in [0.5, 0.6) is 0 Å². The summed E-state index contributed by atoms with van der Waals surface area (Å²) in [4.78, 5) is 14.4. The number of carbonyl (C=O) groups excluding carboxylic acids is 1. The van der Waals surface area contributed by atoms with Crippen LogP contribution in [0.1, 0.15) is 10.4 Å². The maximum absolute atomic E-state index is 12.5. The third kappa shape index (κ3) is 1.90. The quantitative estimate of drug-likeness (QED) is 0.764. The van der Waals surface area contributed by atoms with Crippen molar-refractivity contribution < 1.29 is 4.79 Å². The number of fused-ring (bicyclic) bond motifs is 2. The van der Waals surface area contributed by atoms with Gasteiger partial charge in [-0.2, -0.15) is 0 Å². The molecule has 3 rings (SSSR count). The maximum atomic E-state index is 12.5. The van der Waals surface area contributed by atoms with Crippen molar-refractivity contribution in [2.75, 3.05) is 31.5 Å². The van der Waals surface area contributed by atoms with Crippen LogP contribution in [0.15, 0.2) is 16.6 Å². The first kappa shape index (κ1) is 12.3. The van der Waals surface area contributed by atoms with Crippen molar-refractivity contribution in [3.05, 3.63) is 27.2 Å². The molecule has 1 fully saturated rings. The van der Waals surface area contributed by atoms with Crippen molar-refractivity contribution in [2.45, 2.75) is 6.04 Å². The molecule has 2 N–H and O–H groups in total. The van der Waals surface area contributed by atoms with Crippen molar-refractivity contribution in [3.8, 4) is 0 Å². The second-order valence-corrected chi connectivity index (χ2v) is 5.75. The van der Waals surface area contributed by atoms with E-state index in [1.54, 1.807) is 0 Å². The van der Waals surface area contributed by atoms with Gasteiger partial charge in [-0.05, 0) is 28.1 Å². The van der Waals surface area contributed by atoms with Gasteiger partial charge in [-0.15, -0.1) is 0 Å². The summed E-state index contributed by atoms with van der Waals surface area (Å²) >= 11 is 9.64. The van der Waals surface area contributed by atoms with E-state index in [1.807, 2.05) is 17.0 Å². The first-order valence-corrected chi connectivity index (χ1v) is 7.09. The number of nitrogens with zero attached hydrogens (tertiary/aromatic N) is 1. The lowest BCUT2D eigenvalue weighted by Crippen LogP contribution is -2.55. The van der Waals surface area contributed by atoms with E-state index in [4.69, 9.17) is 11.6 Å². The van der Waals surface area contributed by atoms with Crippen LogP contribution in [-0.4, -0.2) is 43.0 Å². The number of anilines is 1. The summed E-state index contributed by atoms with van der Waals surface area (Å²) in [6.45, 7) is 3.15. The molecule has 1 amide bonds. The van der Waals surface area contributed by atoms with Gasteiger partial charge in [-0.25, -0.2) is 0 Å². The lowest BCUT2D eigenvalue weighted by atomic mass is 10.1. The van der Waals surface area contributed by atoms with Crippen LogP contribution in [0, 0.1) is 0 Å². The Labute approximate surface area is 119 Å². The lowest BCUT2D eigenvalue weighted by molar-refractivity contribution is 0.0658. The molecular weight excluding hydrogens is 318 g/mol. The van der Waals surface area contributed by atoms with Crippen LogP contribution in [0.4, 0.5) is 5.69 Å². The van der Waals surface area contributed by atoms with Gasteiger partial charge < -0.3 is 15.5 Å². The molecule has 1 saturated heterocycles. The zero-order chi connectivity index (χ0) is 12.7. The van der Waals surface area contributed by atoms with E-state index >= 15 is 0 Å². The molecule has 0 aromatic heterocycles. The fourth-order valence-corrected chi connectivity index (χ4v) is 3.05. The minimum Gasteiger partial charge on any atom is -0.381 e. The molecule has 1 atom stereocenters. The Morgan fingerprint density at radius 1 is 1.39 bits per heavy atom. The highest BCUT2D eigenvalue weighted by atomic mass is 79.9. The van der Waals surface area contributed by atoms with Crippen molar-refractivity contribution in [3.63, 3.8) is 0 Å². The van der Waals surface area contributed by atoms with Crippen LogP contribution in [0.2, 0.25) is 5.02 Å². The number of piperazine rings is 1. The Hall–Kier alpha value is -0.780. The monoisotopic (exact) mass is 329 g/mol. The fourth-order valence-electron chi connectivity index (χ4n) is 2.49. The standard InChI is InChI=1S/C12H13BrClN3O/c13-9-2-1-8-11(10(9)14)16-6-7-5-15-3-4-17(7)12(8)18/h1-2,7,15-16H,3-6H2/t7-/m1/s1. The second-order valence-electron chi connectivity index (χ2n) is 4.52. The second kappa shape index (κ2) is 4.72. The number of halogens is 2. The summed E-state index contributed by atoms with van der Waals surface area (Å²) in [6, 6.07) is 3.84. The molecule has 2 aliphatic rings. The molecule has 0 radical (unpaired) electrons. The molecule has 0 saturated carbocycles. The minimum atomic E-state index is 0.0656. The van der Waals surface area contributed by atoms with Gasteiger partial charge in [0.25, 0.3) is 5.91 Å². The Balaban J connectivity index is 2.06. The summed E-state index contributed by atoms with van der Waals surface area (Å²) in [6.07, 6.45) is 0. The van der Waals surface area contributed by atoms with Crippen LogP contribution in [0.3, 0.4) is 0 Å². The van der Waals surface area contributed by atoms with E-state index in [2.05, 4.69) is 26.6 Å². The Morgan fingerprint density at radius 3 is 3.06 bits per heavy atom. The molecule has 0 spiro atoms. The fraction of sp³-hybridized carbons (Fsp3) is 0.417.